The summed E-state index contributed by atoms with van der Waals surface area (Å²) in [5.74, 6) is -2.60. The lowest BCUT2D eigenvalue weighted by atomic mass is 9.85. The fourth-order valence-electron chi connectivity index (χ4n) is 3.47. The topological polar surface area (TPSA) is 159 Å². The third-order valence-corrected chi connectivity index (χ3v) is 5.80. The number of amides is 2. The Labute approximate surface area is 175 Å². The van der Waals surface area contributed by atoms with Crippen LogP contribution in [0.25, 0.3) is 0 Å². The zero-order valence-electron chi connectivity index (χ0n) is 16.9. The molecule has 3 atom stereocenters. The molecule has 1 saturated carbocycles. The first kappa shape index (κ1) is 25.2. The van der Waals surface area contributed by atoms with Crippen molar-refractivity contribution in [2.75, 3.05) is 12.0 Å². The van der Waals surface area contributed by atoms with Crippen LogP contribution in [0.1, 0.15) is 57.8 Å². The minimum absolute atomic E-state index is 0.141. The van der Waals surface area contributed by atoms with E-state index in [4.69, 9.17) is 10.8 Å². The summed E-state index contributed by atoms with van der Waals surface area (Å²) in [5.41, 5.74) is 6.01. The molecule has 1 rings (SSSR count). The normalized spacial score (nSPS) is 17.7. The second-order valence-corrected chi connectivity index (χ2v) is 8.51. The molecule has 0 unspecified atom stereocenters. The van der Waals surface area contributed by atoms with Crippen LogP contribution < -0.4 is 16.4 Å². The zero-order chi connectivity index (χ0) is 21.8. The van der Waals surface area contributed by atoms with E-state index in [-0.39, 0.29) is 19.3 Å². The third kappa shape index (κ3) is 9.98. The van der Waals surface area contributed by atoms with Gasteiger partial charge >= 0.3 is 11.9 Å². The second-order valence-electron chi connectivity index (χ2n) is 7.52. The molecule has 166 valence electrons. The number of rotatable bonds is 13. The molecule has 10 heteroatoms. The minimum atomic E-state index is -1.18. The molecule has 2 amide bonds. The van der Waals surface area contributed by atoms with Gasteiger partial charge < -0.3 is 26.6 Å². The van der Waals surface area contributed by atoms with Crippen LogP contribution in [-0.2, 0) is 19.2 Å². The lowest BCUT2D eigenvalue weighted by Crippen LogP contribution is -2.54. The summed E-state index contributed by atoms with van der Waals surface area (Å²) in [6, 6.07) is -3.03. The number of nitrogens with two attached hydrogens (primary N) is 1. The fourth-order valence-corrected chi connectivity index (χ4v) is 3.94. The zero-order valence-corrected chi connectivity index (χ0v) is 17.7. The van der Waals surface area contributed by atoms with Crippen LogP contribution in [0.2, 0.25) is 0 Å². The first-order chi connectivity index (χ1) is 13.7. The van der Waals surface area contributed by atoms with Gasteiger partial charge in [-0.25, -0.2) is 4.79 Å². The van der Waals surface area contributed by atoms with Gasteiger partial charge in [0.05, 0.1) is 6.04 Å². The van der Waals surface area contributed by atoms with Gasteiger partial charge in [0, 0.05) is 6.42 Å². The maximum atomic E-state index is 12.6. The van der Waals surface area contributed by atoms with E-state index in [2.05, 4.69) is 10.6 Å². The number of carbonyl (C=O) groups is 4. The molecule has 1 fully saturated rings. The maximum Gasteiger partial charge on any atom is 0.326 e. The van der Waals surface area contributed by atoms with Crippen LogP contribution in [0.15, 0.2) is 0 Å². The van der Waals surface area contributed by atoms with Crippen LogP contribution in [0, 0.1) is 5.92 Å². The van der Waals surface area contributed by atoms with E-state index in [1.807, 2.05) is 6.26 Å². The van der Waals surface area contributed by atoms with E-state index in [9.17, 15) is 24.3 Å². The molecule has 6 N–H and O–H groups in total. The third-order valence-electron chi connectivity index (χ3n) is 5.15. The first-order valence-electron chi connectivity index (χ1n) is 10.0. The molecule has 1 aliphatic rings. The molecular formula is C19H33N3O6S. The van der Waals surface area contributed by atoms with Gasteiger partial charge in [-0.15, -0.1) is 0 Å². The van der Waals surface area contributed by atoms with Gasteiger partial charge in [0.1, 0.15) is 12.1 Å². The van der Waals surface area contributed by atoms with Crippen molar-refractivity contribution in [1.82, 2.24) is 10.6 Å². The first-order valence-corrected chi connectivity index (χ1v) is 11.4. The monoisotopic (exact) mass is 431 g/mol. The quantitative estimate of drug-likeness (QED) is 0.288. The molecular weight excluding hydrogens is 398 g/mol. The van der Waals surface area contributed by atoms with Gasteiger partial charge in [-0.1, -0.05) is 32.1 Å². The van der Waals surface area contributed by atoms with Gasteiger partial charge in [0.15, 0.2) is 0 Å². The number of aliphatic carboxylic acids is 2. The van der Waals surface area contributed by atoms with Gasteiger partial charge in [0.25, 0.3) is 0 Å². The van der Waals surface area contributed by atoms with Gasteiger partial charge in [0.2, 0.25) is 11.8 Å². The van der Waals surface area contributed by atoms with E-state index >= 15 is 0 Å². The highest BCUT2D eigenvalue weighted by atomic mass is 32.2. The van der Waals surface area contributed by atoms with Crippen molar-refractivity contribution >= 4 is 35.5 Å². The molecule has 0 aliphatic heterocycles. The Kier molecular flexibility index (Phi) is 11.7. The Morgan fingerprint density at radius 1 is 1.00 bits per heavy atom. The molecule has 0 radical (unpaired) electrons. The SMILES string of the molecule is CSCC[C@H](NC(=O)[C@H](CCC(=O)O)NC(=O)[C@@H](N)CC1CCCCC1)C(=O)O. The molecule has 0 heterocycles. The summed E-state index contributed by atoms with van der Waals surface area (Å²) in [6.45, 7) is 0. The Morgan fingerprint density at radius 2 is 1.62 bits per heavy atom. The molecule has 0 aromatic heterocycles. The summed E-state index contributed by atoms with van der Waals surface area (Å²) in [7, 11) is 0. The van der Waals surface area contributed by atoms with Crippen molar-refractivity contribution in [1.29, 1.82) is 0 Å². The Bertz CT molecular complexity index is 568. The molecule has 29 heavy (non-hydrogen) atoms. The summed E-state index contributed by atoms with van der Waals surface area (Å²) >= 11 is 1.45. The smallest absolute Gasteiger partial charge is 0.326 e. The van der Waals surface area contributed by atoms with Crippen LogP contribution in [0.4, 0.5) is 0 Å². The minimum Gasteiger partial charge on any atom is -0.481 e. The number of thioether (sulfide) groups is 1. The summed E-state index contributed by atoms with van der Waals surface area (Å²) in [5, 5.41) is 23.1. The predicted octanol–water partition coefficient (Wildman–Crippen LogP) is 0.956. The van der Waals surface area contributed by atoms with Gasteiger partial charge in [-0.05, 0) is 37.2 Å². The van der Waals surface area contributed by atoms with Crippen LogP contribution >= 0.6 is 11.8 Å². The average Bonchev–Trinajstić information content (AvgIpc) is 2.68. The molecule has 0 aromatic rings. The molecule has 0 aromatic carbocycles. The Morgan fingerprint density at radius 3 is 2.17 bits per heavy atom. The van der Waals surface area contributed by atoms with Crippen molar-refractivity contribution < 1.29 is 29.4 Å². The molecule has 0 bridgehead atoms. The number of carboxylic acid groups (broad SMARTS) is 2. The average molecular weight is 432 g/mol. The Balaban J connectivity index is 2.70. The highest BCUT2D eigenvalue weighted by Gasteiger charge is 2.29. The van der Waals surface area contributed by atoms with Crippen molar-refractivity contribution in [3.8, 4) is 0 Å². The van der Waals surface area contributed by atoms with Crippen LogP contribution in [-0.4, -0.2) is 64.1 Å². The van der Waals surface area contributed by atoms with Crippen molar-refractivity contribution in [2.24, 2.45) is 11.7 Å². The maximum absolute atomic E-state index is 12.6. The number of nitrogens with one attached hydrogen (secondary N) is 2. The van der Waals surface area contributed by atoms with E-state index in [1.165, 1.54) is 18.2 Å². The summed E-state index contributed by atoms with van der Waals surface area (Å²) < 4.78 is 0. The van der Waals surface area contributed by atoms with Crippen LogP contribution in [0.5, 0.6) is 0 Å². The lowest BCUT2D eigenvalue weighted by molar-refractivity contribution is -0.143. The Hall–Kier alpha value is -1.81. The fraction of sp³-hybridized carbons (Fsp3) is 0.789. The standard InChI is InChI=1S/C19H33N3O6S/c1-29-10-9-15(19(27)28)22-18(26)14(7-8-16(23)24)21-17(25)13(20)11-12-5-3-2-4-6-12/h12-15H,2-11,20H2,1H3,(H,21,25)(H,22,26)(H,23,24)(H,27,28)/t13-,14-,15-/m0/s1. The van der Waals surface area contributed by atoms with E-state index in [1.54, 1.807) is 0 Å². The van der Waals surface area contributed by atoms with Crippen molar-refractivity contribution in [3.05, 3.63) is 0 Å². The summed E-state index contributed by atoms with van der Waals surface area (Å²) in [4.78, 5) is 47.3. The lowest BCUT2D eigenvalue weighted by Gasteiger charge is -2.26. The predicted molar refractivity (Wildman–Crippen MR) is 111 cm³/mol. The second kappa shape index (κ2) is 13.4. The summed E-state index contributed by atoms with van der Waals surface area (Å²) in [6.07, 6.45) is 7.58. The highest BCUT2D eigenvalue weighted by Crippen LogP contribution is 2.27. The molecule has 9 nitrogen and oxygen atoms in total. The number of carboxylic acids is 2. The largest absolute Gasteiger partial charge is 0.481 e. The van der Waals surface area contributed by atoms with Crippen molar-refractivity contribution in [3.63, 3.8) is 0 Å². The van der Waals surface area contributed by atoms with Gasteiger partial charge in [-0.2, -0.15) is 11.8 Å². The molecule has 0 saturated heterocycles. The highest BCUT2D eigenvalue weighted by molar-refractivity contribution is 7.98. The van der Waals surface area contributed by atoms with Crippen molar-refractivity contribution in [2.45, 2.75) is 75.9 Å². The van der Waals surface area contributed by atoms with E-state index < -0.39 is 41.9 Å². The number of hydrogen-bond donors (Lipinski definition) is 5. The van der Waals surface area contributed by atoms with E-state index in [0.29, 0.717) is 18.1 Å². The number of carbonyl (C=O) groups excluding carboxylic acids is 2. The molecule has 0 spiro atoms. The van der Waals surface area contributed by atoms with Crippen LogP contribution in [0.3, 0.4) is 0 Å². The van der Waals surface area contributed by atoms with Gasteiger partial charge in [-0.3, -0.25) is 14.4 Å². The number of hydrogen-bond acceptors (Lipinski definition) is 6. The molecule has 1 aliphatic carbocycles. The van der Waals surface area contributed by atoms with E-state index in [0.717, 1.165) is 25.7 Å².